The Labute approximate surface area is 172 Å². The molecule has 144 valence electrons. The van der Waals surface area contributed by atoms with Gasteiger partial charge in [-0.25, -0.2) is 0 Å². The van der Waals surface area contributed by atoms with Crippen LogP contribution in [-0.2, 0) is 16.1 Å². The van der Waals surface area contributed by atoms with E-state index < -0.39 is 11.9 Å². The lowest BCUT2D eigenvalue weighted by molar-refractivity contribution is -0.141. The normalized spacial score (nSPS) is 13.6. The third-order valence-electron chi connectivity index (χ3n) is 4.15. The molecule has 2 heterocycles. The van der Waals surface area contributed by atoms with E-state index in [2.05, 4.69) is 20.9 Å². The molecule has 0 aliphatic carbocycles. The monoisotopic (exact) mass is 462 g/mol. The van der Waals surface area contributed by atoms with Crippen molar-refractivity contribution in [3.8, 4) is 11.5 Å². The molecule has 7 nitrogen and oxygen atoms in total. The molecule has 1 amide bonds. The van der Waals surface area contributed by atoms with Gasteiger partial charge in [0.15, 0.2) is 16.3 Å². The Hall–Kier alpha value is -2.65. The molecular weight excluding hydrogens is 448 g/mol. The minimum atomic E-state index is -0.429. The van der Waals surface area contributed by atoms with Crippen molar-refractivity contribution in [2.24, 2.45) is 4.99 Å². The van der Waals surface area contributed by atoms with Crippen molar-refractivity contribution in [1.29, 1.82) is 0 Å². The third-order valence-corrected chi connectivity index (χ3v) is 5.68. The molecule has 4 rings (SSSR count). The van der Waals surface area contributed by atoms with Crippen molar-refractivity contribution in [3.05, 3.63) is 51.2 Å². The van der Waals surface area contributed by atoms with E-state index in [0.29, 0.717) is 35.1 Å². The summed E-state index contributed by atoms with van der Waals surface area (Å²) in [5.74, 6) is 0.280. The topological polar surface area (TPSA) is 79.1 Å². The van der Waals surface area contributed by atoms with Gasteiger partial charge in [0.25, 0.3) is 5.91 Å². The largest absolute Gasteiger partial charge is 0.486 e. The Bertz CT molecular complexity index is 1150. The first-order valence-corrected chi connectivity index (χ1v) is 10.0. The average molecular weight is 463 g/mol. The van der Waals surface area contributed by atoms with Gasteiger partial charge in [-0.2, -0.15) is 4.99 Å². The molecule has 0 spiro atoms. The van der Waals surface area contributed by atoms with Gasteiger partial charge < -0.3 is 18.8 Å². The Balaban J connectivity index is 1.78. The van der Waals surface area contributed by atoms with Crippen LogP contribution in [0.15, 0.2) is 45.9 Å². The number of amides is 1. The number of hydrogen-bond donors (Lipinski definition) is 0. The van der Waals surface area contributed by atoms with Crippen molar-refractivity contribution in [2.75, 3.05) is 20.3 Å². The number of carbonyl (C=O) groups is 2. The first-order chi connectivity index (χ1) is 13.5. The van der Waals surface area contributed by atoms with Crippen molar-refractivity contribution in [2.45, 2.75) is 6.54 Å². The number of ether oxygens (including phenoxy) is 3. The molecule has 3 aromatic rings. The van der Waals surface area contributed by atoms with Gasteiger partial charge in [-0.1, -0.05) is 27.3 Å². The van der Waals surface area contributed by atoms with E-state index in [0.717, 1.165) is 14.7 Å². The van der Waals surface area contributed by atoms with Gasteiger partial charge in [-0.3, -0.25) is 9.59 Å². The third kappa shape index (κ3) is 3.67. The van der Waals surface area contributed by atoms with Gasteiger partial charge in [-0.05, 0) is 36.4 Å². The lowest BCUT2D eigenvalue weighted by atomic mass is 10.2. The molecule has 0 saturated heterocycles. The lowest BCUT2D eigenvalue weighted by Gasteiger charge is -2.18. The number of nitrogens with zero attached hydrogens (tertiary/aromatic N) is 2. The number of methoxy groups -OCH3 is 1. The van der Waals surface area contributed by atoms with Crippen LogP contribution in [0.25, 0.3) is 10.2 Å². The second-order valence-electron chi connectivity index (χ2n) is 5.93. The Morgan fingerprint density at radius 3 is 2.75 bits per heavy atom. The molecule has 9 heteroatoms. The number of thiazole rings is 1. The first kappa shape index (κ1) is 18.7. The van der Waals surface area contributed by atoms with E-state index in [1.807, 2.05) is 18.2 Å². The Morgan fingerprint density at radius 2 is 1.96 bits per heavy atom. The summed E-state index contributed by atoms with van der Waals surface area (Å²) in [5, 5.41) is 0. The molecule has 28 heavy (non-hydrogen) atoms. The van der Waals surface area contributed by atoms with E-state index >= 15 is 0 Å². The van der Waals surface area contributed by atoms with Crippen LogP contribution in [0, 0.1) is 0 Å². The molecule has 0 saturated carbocycles. The van der Waals surface area contributed by atoms with Crippen molar-refractivity contribution in [3.63, 3.8) is 0 Å². The van der Waals surface area contributed by atoms with E-state index in [-0.39, 0.29) is 6.54 Å². The number of fused-ring (bicyclic) bond motifs is 2. The van der Waals surface area contributed by atoms with Crippen molar-refractivity contribution < 1.29 is 23.8 Å². The smallest absolute Gasteiger partial charge is 0.325 e. The highest BCUT2D eigenvalue weighted by molar-refractivity contribution is 9.10. The fourth-order valence-electron chi connectivity index (χ4n) is 2.81. The van der Waals surface area contributed by atoms with E-state index in [1.165, 1.54) is 18.4 Å². The fourth-order valence-corrected chi connectivity index (χ4v) is 4.39. The number of halogens is 1. The standard InChI is InChI=1S/C19H15BrN2O5S/c1-25-17(23)10-22-13-4-3-12(20)9-16(13)28-19(22)21-18(24)11-2-5-14-15(8-11)27-7-6-26-14/h2-5,8-9H,6-7,10H2,1H3. The molecule has 0 radical (unpaired) electrons. The number of rotatable bonds is 3. The van der Waals surface area contributed by atoms with Crippen LogP contribution in [0.2, 0.25) is 0 Å². The quantitative estimate of drug-likeness (QED) is 0.558. The predicted octanol–water partition coefficient (Wildman–Crippen LogP) is 3.15. The number of benzene rings is 2. The van der Waals surface area contributed by atoms with Crippen LogP contribution in [0.4, 0.5) is 0 Å². The van der Waals surface area contributed by atoms with Gasteiger partial charge in [0.1, 0.15) is 19.8 Å². The van der Waals surface area contributed by atoms with E-state index in [1.54, 1.807) is 22.8 Å². The molecule has 1 aromatic heterocycles. The Morgan fingerprint density at radius 1 is 1.18 bits per heavy atom. The summed E-state index contributed by atoms with van der Waals surface area (Å²) in [6.45, 7) is 0.882. The number of esters is 1. The molecule has 0 fully saturated rings. The maximum absolute atomic E-state index is 12.8. The van der Waals surface area contributed by atoms with Gasteiger partial charge in [0.2, 0.25) is 0 Å². The number of carbonyl (C=O) groups excluding carboxylic acids is 2. The van der Waals surface area contributed by atoms with Crippen LogP contribution in [0.5, 0.6) is 11.5 Å². The minimum Gasteiger partial charge on any atom is -0.486 e. The summed E-state index contributed by atoms with van der Waals surface area (Å²) in [6.07, 6.45) is 0. The molecule has 1 aliphatic rings. The molecular formula is C19H15BrN2O5S. The summed E-state index contributed by atoms with van der Waals surface area (Å²) in [6, 6.07) is 10.6. The second kappa shape index (κ2) is 7.76. The van der Waals surface area contributed by atoms with E-state index in [4.69, 9.17) is 14.2 Å². The van der Waals surface area contributed by atoms with Crippen LogP contribution >= 0.6 is 27.3 Å². The van der Waals surface area contributed by atoms with Crippen LogP contribution in [-0.4, -0.2) is 36.8 Å². The highest BCUT2D eigenvalue weighted by atomic mass is 79.9. The molecule has 2 aromatic carbocycles. The molecule has 0 atom stereocenters. The summed E-state index contributed by atoms with van der Waals surface area (Å²) in [5.41, 5.74) is 1.18. The average Bonchev–Trinajstić information content (AvgIpc) is 3.03. The zero-order valence-electron chi connectivity index (χ0n) is 14.8. The summed E-state index contributed by atoms with van der Waals surface area (Å²) >= 11 is 4.76. The minimum absolute atomic E-state index is 0.0363. The summed E-state index contributed by atoms with van der Waals surface area (Å²) in [7, 11) is 1.32. The number of hydrogen-bond acceptors (Lipinski definition) is 6. The first-order valence-electron chi connectivity index (χ1n) is 8.39. The SMILES string of the molecule is COC(=O)Cn1c(=NC(=O)c2ccc3c(c2)OCCO3)sc2cc(Br)ccc21. The second-order valence-corrected chi connectivity index (χ2v) is 7.86. The van der Waals surface area contributed by atoms with Crippen LogP contribution in [0.1, 0.15) is 10.4 Å². The van der Waals surface area contributed by atoms with Crippen molar-refractivity contribution >= 4 is 49.4 Å². The van der Waals surface area contributed by atoms with Crippen molar-refractivity contribution in [1.82, 2.24) is 4.57 Å². The van der Waals surface area contributed by atoms with E-state index in [9.17, 15) is 9.59 Å². The molecule has 0 bridgehead atoms. The maximum atomic E-state index is 12.8. The molecule has 0 N–H and O–H groups in total. The summed E-state index contributed by atoms with van der Waals surface area (Å²) in [4.78, 5) is 29.3. The fraction of sp³-hybridized carbons (Fsp3) is 0.211. The van der Waals surface area contributed by atoms with Gasteiger partial charge in [0, 0.05) is 10.0 Å². The van der Waals surface area contributed by atoms with Gasteiger partial charge in [0.05, 0.1) is 17.3 Å². The lowest BCUT2D eigenvalue weighted by Crippen LogP contribution is -2.22. The van der Waals surface area contributed by atoms with Crippen LogP contribution in [0.3, 0.4) is 0 Å². The zero-order chi connectivity index (χ0) is 19.7. The Kier molecular flexibility index (Phi) is 5.19. The zero-order valence-corrected chi connectivity index (χ0v) is 17.2. The highest BCUT2D eigenvalue weighted by Gasteiger charge is 2.16. The molecule has 0 unspecified atom stereocenters. The number of aromatic nitrogens is 1. The molecule has 1 aliphatic heterocycles. The highest BCUT2D eigenvalue weighted by Crippen LogP contribution is 2.31. The summed E-state index contributed by atoms with van der Waals surface area (Å²) < 4.78 is 19.3. The van der Waals surface area contributed by atoms with Crippen LogP contribution < -0.4 is 14.3 Å². The maximum Gasteiger partial charge on any atom is 0.325 e. The predicted molar refractivity (Wildman–Crippen MR) is 107 cm³/mol. The van der Waals surface area contributed by atoms with Gasteiger partial charge >= 0.3 is 5.97 Å². The van der Waals surface area contributed by atoms with Gasteiger partial charge in [-0.15, -0.1) is 0 Å².